The highest BCUT2D eigenvalue weighted by atomic mass is 32.2. The van der Waals surface area contributed by atoms with Gasteiger partial charge in [-0.05, 0) is 30.7 Å². The molecule has 1 aliphatic carbocycles. The van der Waals surface area contributed by atoms with Gasteiger partial charge in [-0.2, -0.15) is 11.8 Å². The fourth-order valence-corrected chi connectivity index (χ4v) is 3.59. The van der Waals surface area contributed by atoms with Gasteiger partial charge in [0.25, 0.3) is 5.91 Å². The molecule has 1 amide bonds. The Labute approximate surface area is 117 Å². The number of nitrogens with zero attached hydrogens (tertiary/aromatic N) is 1. The largest absolute Gasteiger partial charge is 0.347 e. The number of carbonyl (C=O) groups is 1. The van der Waals surface area contributed by atoms with Gasteiger partial charge in [0.1, 0.15) is 11.5 Å². The summed E-state index contributed by atoms with van der Waals surface area (Å²) in [5.74, 6) is 6.76. The normalized spacial score (nSPS) is 22.2. The van der Waals surface area contributed by atoms with Gasteiger partial charge >= 0.3 is 0 Å². The van der Waals surface area contributed by atoms with Crippen molar-refractivity contribution in [3.8, 4) is 0 Å². The number of hydrogen-bond donors (Lipinski definition) is 3. The summed E-state index contributed by atoms with van der Waals surface area (Å²) < 4.78 is 0. The number of anilines is 1. The number of carbonyl (C=O) groups excluding carboxylic acids is 1. The molecule has 1 heterocycles. The highest BCUT2D eigenvalue weighted by Crippen LogP contribution is 2.30. The summed E-state index contributed by atoms with van der Waals surface area (Å²) in [6.45, 7) is 2.15. The second-order valence-corrected chi connectivity index (χ2v) is 6.07. The molecule has 1 aliphatic rings. The fourth-order valence-electron chi connectivity index (χ4n) is 2.39. The maximum absolute atomic E-state index is 12.2. The fraction of sp³-hybridized carbons (Fsp3) is 0.538. The quantitative estimate of drug-likeness (QED) is 0.566. The van der Waals surface area contributed by atoms with Crippen molar-refractivity contribution in [1.82, 2.24) is 10.3 Å². The van der Waals surface area contributed by atoms with Crippen molar-refractivity contribution in [2.45, 2.75) is 37.5 Å². The Kier molecular flexibility index (Phi) is 5.04. The lowest BCUT2D eigenvalue weighted by atomic mass is 10.2. The highest BCUT2D eigenvalue weighted by Gasteiger charge is 2.28. The lowest BCUT2D eigenvalue weighted by molar-refractivity contribution is 0.0934. The maximum Gasteiger partial charge on any atom is 0.270 e. The predicted octanol–water partition coefficient (Wildman–Crippen LogP) is 1.77. The third-order valence-corrected chi connectivity index (χ3v) is 4.61. The van der Waals surface area contributed by atoms with Crippen LogP contribution in [0.3, 0.4) is 0 Å². The van der Waals surface area contributed by atoms with Crippen LogP contribution in [0, 0.1) is 0 Å². The van der Waals surface area contributed by atoms with E-state index in [1.54, 1.807) is 18.2 Å². The van der Waals surface area contributed by atoms with Crippen LogP contribution in [-0.2, 0) is 0 Å². The van der Waals surface area contributed by atoms with Crippen molar-refractivity contribution in [1.29, 1.82) is 0 Å². The second kappa shape index (κ2) is 6.77. The molecule has 0 bridgehead atoms. The van der Waals surface area contributed by atoms with Crippen LogP contribution in [0.5, 0.6) is 0 Å². The zero-order valence-corrected chi connectivity index (χ0v) is 11.9. The zero-order chi connectivity index (χ0) is 13.7. The third-order valence-electron chi connectivity index (χ3n) is 3.28. The number of thioether (sulfide) groups is 1. The van der Waals surface area contributed by atoms with Crippen molar-refractivity contribution >= 4 is 23.5 Å². The molecule has 4 N–H and O–H groups in total. The summed E-state index contributed by atoms with van der Waals surface area (Å²) in [7, 11) is 0. The van der Waals surface area contributed by atoms with E-state index in [4.69, 9.17) is 5.84 Å². The molecule has 1 fully saturated rings. The molecule has 104 valence electrons. The van der Waals surface area contributed by atoms with Crippen LogP contribution in [-0.4, -0.2) is 27.9 Å². The van der Waals surface area contributed by atoms with Crippen molar-refractivity contribution in [3.05, 3.63) is 23.9 Å². The van der Waals surface area contributed by atoms with E-state index in [1.807, 2.05) is 11.8 Å². The first-order valence-electron chi connectivity index (χ1n) is 6.60. The SMILES string of the molecule is CCSC1CCCC1NC(=O)c1cccc(NN)n1. The Morgan fingerprint density at radius 1 is 1.53 bits per heavy atom. The lowest BCUT2D eigenvalue weighted by Gasteiger charge is -2.20. The van der Waals surface area contributed by atoms with Crippen LogP contribution >= 0.6 is 11.8 Å². The van der Waals surface area contributed by atoms with Crippen LogP contribution in [0.1, 0.15) is 36.7 Å². The summed E-state index contributed by atoms with van der Waals surface area (Å²) >= 11 is 1.92. The van der Waals surface area contributed by atoms with Gasteiger partial charge in [0, 0.05) is 11.3 Å². The third kappa shape index (κ3) is 3.61. The summed E-state index contributed by atoms with van der Waals surface area (Å²) in [6, 6.07) is 5.45. The van der Waals surface area contributed by atoms with E-state index in [2.05, 4.69) is 22.7 Å². The van der Waals surface area contributed by atoms with Gasteiger partial charge in [-0.15, -0.1) is 0 Å². The average molecular weight is 280 g/mol. The summed E-state index contributed by atoms with van der Waals surface area (Å²) in [4.78, 5) is 16.3. The molecule has 2 unspecified atom stereocenters. The number of hydrogen-bond acceptors (Lipinski definition) is 5. The van der Waals surface area contributed by atoms with E-state index in [1.165, 1.54) is 12.8 Å². The minimum Gasteiger partial charge on any atom is -0.347 e. The van der Waals surface area contributed by atoms with Crippen molar-refractivity contribution in [2.75, 3.05) is 11.2 Å². The Balaban J connectivity index is 1.99. The average Bonchev–Trinajstić information content (AvgIpc) is 2.86. The Morgan fingerprint density at radius 2 is 2.37 bits per heavy atom. The van der Waals surface area contributed by atoms with E-state index in [-0.39, 0.29) is 11.9 Å². The number of hydrazine groups is 1. The summed E-state index contributed by atoms with van der Waals surface area (Å²) in [5, 5.41) is 3.62. The number of aromatic nitrogens is 1. The molecule has 5 nitrogen and oxygen atoms in total. The molecular weight excluding hydrogens is 260 g/mol. The molecule has 1 aromatic heterocycles. The van der Waals surface area contributed by atoms with E-state index < -0.39 is 0 Å². The van der Waals surface area contributed by atoms with Crippen LogP contribution < -0.4 is 16.6 Å². The standard InChI is InChI=1S/C13H20N4OS/c1-2-19-11-7-3-5-9(11)16-13(18)10-6-4-8-12(15-10)17-14/h4,6,8-9,11H,2-3,5,7,14H2,1H3,(H,15,17)(H,16,18). The molecule has 2 rings (SSSR count). The van der Waals surface area contributed by atoms with Gasteiger partial charge in [0.2, 0.25) is 0 Å². The number of pyridine rings is 1. The number of nitrogens with one attached hydrogen (secondary N) is 2. The Morgan fingerprint density at radius 3 is 3.11 bits per heavy atom. The number of nitrogens with two attached hydrogens (primary N) is 1. The second-order valence-electron chi connectivity index (χ2n) is 4.56. The van der Waals surface area contributed by atoms with Gasteiger partial charge in [0.05, 0.1) is 0 Å². The molecule has 6 heteroatoms. The number of nitrogen functional groups attached to an aromatic ring is 1. The topological polar surface area (TPSA) is 80.0 Å². The van der Waals surface area contributed by atoms with E-state index in [9.17, 15) is 4.79 Å². The van der Waals surface area contributed by atoms with Gasteiger partial charge in [0.15, 0.2) is 0 Å². The smallest absolute Gasteiger partial charge is 0.270 e. The minimum absolute atomic E-state index is 0.120. The first-order chi connectivity index (χ1) is 9.24. The maximum atomic E-state index is 12.2. The Hall–Kier alpha value is -1.27. The molecule has 0 spiro atoms. The first kappa shape index (κ1) is 14.1. The van der Waals surface area contributed by atoms with Gasteiger partial charge < -0.3 is 10.7 Å². The number of rotatable bonds is 5. The number of amides is 1. The van der Waals surface area contributed by atoms with E-state index in [0.717, 1.165) is 12.2 Å². The molecule has 19 heavy (non-hydrogen) atoms. The molecule has 2 atom stereocenters. The molecule has 0 aliphatic heterocycles. The van der Waals surface area contributed by atoms with Crippen LogP contribution in [0.4, 0.5) is 5.82 Å². The first-order valence-corrected chi connectivity index (χ1v) is 7.65. The lowest BCUT2D eigenvalue weighted by Crippen LogP contribution is -2.39. The van der Waals surface area contributed by atoms with Crippen molar-refractivity contribution in [3.63, 3.8) is 0 Å². The molecule has 0 radical (unpaired) electrons. The molecule has 0 saturated heterocycles. The van der Waals surface area contributed by atoms with Crippen molar-refractivity contribution in [2.24, 2.45) is 5.84 Å². The van der Waals surface area contributed by atoms with Gasteiger partial charge in [-0.3, -0.25) is 4.79 Å². The van der Waals surface area contributed by atoms with E-state index in [0.29, 0.717) is 16.8 Å². The predicted molar refractivity (Wildman–Crippen MR) is 79.1 cm³/mol. The summed E-state index contributed by atoms with van der Waals surface area (Å²) in [6.07, 6.45) is 3.42. The van der Waals surface area contributed by atoms with Gasteiger partial charge in [-0.25, -0.2) is 10.8 Å². The van der Waals surface area contributed by atoms with Crippen LogP contribution in [0.2, 0.25) is 0 Å². The Bertz CT molecular complexity index is 440. The van der Waals surface area contributed by atoms with Crippen LogP contribution in [0.25, 0.3) is 0 Å². The van der Waals surface area contributed by atoms with Crippen LogP contribution in [0.15, 0.2) is 18.2 Å². The monoisotopic (exact) mass is 280 g/mol. The van der Waals surface area contributed by atoms with E-state index >= 15 is 0 Å². The minimum atomic E-state index is -0.120. The molecule has 1 aromatic rings. The van der Waals surface area contributed by atoms with Gasteiger partial charge in [-0.1, -0.05) is 19.4 Å². The van der Waals surface area contributed by atoms with Crippen molar-refractivity contribution < 1.29 is 4.79 Å². The highest BCUT2D eigenvalue weighted by molar-refractivity contribution is 7.99. The zero-order valence-electron chi connectivity index (χ0n) is 11.1. The summed E-state index contributed by atoms with van der Waals surface area (Å²) in [5.41, 5.74) is 2.85. The molecule has 0 aromatic carbocycles. The molecular formula is C13H20N4OS. The molecule has 1 saturated carbocycles.